The summed E-state index contributed by atoms with van der Waals surface area (Å²) in [6, 6.07) is 11.0. The van der Waals surface area contributed by atoms with E-state index in [0.29, 0.717) is 54.6 Å². The number of hydrogen-bond acceptors (Lipinski definition) is 3. The Bertz CT molecular complexity index is 886. The summed E-state index contributed by atoms with van der Waals surface area (Å²) in [5, 5.41) is 0.789. The average molecular weight is 439 g/mol. The molecule has 0 N–H and O–H groups in total. The highest BCUT2D eigenvalue weighted by Crippen LogP contribution is 2.23. The predicted octanol–water partition coefficient (Wildman–Crippen LogP) is 4.28. The van der Waals surface area contributed by atoms with Crippen molar-refractivity contribution in [2.45, 2.75) is 12.8 Å². The molecule has 0 radical (unpaired) electrons. The van der Waals surface area contributed by atoms with Gasteiger partial charge in [0, 0.05) is 37.6 Å². The predicted molar refractivity (Wildman–Crippen MR) is 110 cm³/mol. The van der Waals surface area contributed by atoms with Gasteiger partial charge in [0.15, 0.2) is 11.6 Å². The van der Waals surface area contributed by atoms with Crippen LogP contribution in [0.3, 0.4) is 0 Å². The second-order valence-electron chi connectivity index (χ2n) is 6.68. The third-order valence-corrected chi connectivity index (χ3v) is 5.26. The minimum Gasteiger partial charge on any atom is -0.491 e. The SMILES string of the molecule is O=C(CCCOc1ccccc1F)N1CCN(C(=O)c2ccc(Cl)cc2Cl)CC1. The molecular formula is C21H21Cl2FN2O3. The van der Waals surface area contributed by atoms with E-state index in [-0.39, 0.29) is 24.2 Å². The van der Waals surface area contributed by atoms with Gasteiger partial charge < -0.3 is 14.5 Å². The zero-order valence-corrected chi connectivity index (χ0v) is 17.3. The lowest BCUT2D eigenvalue weighted by atomic mass is 10.1. The first-order valence-electron chi connectivity index (χ1n) is 9.35. The number of hydrogen-bond donors (Lipinski definition) is 0. The molecule has 0 aliphatic carbocycles. The lowest BCUT2D eigenvalue weighted by Crippen LogP contribution is -2.50. The Morgan fingerprint density at radius 3 is 2.38 bits per heavy atom. The molecule has 0 spiro atoms. The van der Waals surface area contributed by atoms with E-state index in [1.807, 2.05) is 0 Å². The topological polar surface area (TPSA) is 49.9 Å². The zero-order valence-electron chi connectivity index (χ0n) is 15.7. The maximum absolute atomic E-state index is 13.5. The number of carbonyl (C=O) groups excluding carboxylic acids is 2. The van der Waals surface area contributed by atoms with Crippen LogP contribution in [0.25, 0.3) is 0 Å². The number of carbonyl (C=O) groups is 2. The van der Waals surface area contributed by atoms with Crippen LogP contribution in [0.15, 0.2) is 42.5 Å². The standard InChI is InChI=1S/C21H21Cl2FN2O3/c22-15-7-8-16(17(23)14-15)21(28)26-11-9-25(10-12-26)20(27)6-3-13-29-19-5-2-1-4-18(19)24/h1-2,4-5,7-8,14H,3,6,9-13H2. The van der Waals surface area contributed by atoms with E-state index in [2.05, 4.69) is 0 Å². The number of piperazine rings is 1. The van der Waals surface area contributed by atoms with Gasteiger partial charge in [-0.15, -0.1) is 0 Å². The van der Waals surface area contributed by atoms with E-state index < -0.39 is 5.82 Å². The van der Waals surface area contributed by atoms with Crippen molar-refractivity contribution < 1.29 is 18.7 Å². The highest BCUT2D eigenvalue weighted by atomic mass is 35.5. The highest BCUT2D eigenvalue weighted by Gasteiger charge is 2.25. The van der Waals surface area contributed by atoms with E-state index in [1.165, 1.54) is 6.07 Å². The lowest BCUT2D eigenvalue weighted by molar-refractivity contribution is -0.132. The van der Waals surface area contributed by atoms with Crippen LogP contribution >= 0.6 is 23.2 Å². The molecule has 2 aromatic rings. The van der Waals surface area contributed by atoms with Gasteiger partial charge in [-0.2, -0.15) is 0 Å². The molecule has 1 fully saturated rings. The average Bonchev–Trinajstić information content (AvgIpc) is 2.72. The molecule has 154 valence electrons. The highest BCUT2D eigenvalue weighted by molar-refractivity contribution is 6.36. The Morgan fingerprint density at radius 2 is 1.69 bits per heavy atom. The van der Waals surface area contributed by atoms with Gasteiger partial charge >= 0.3 is 0 Å². The fourth-order valence-electron chi connectivity index (χ4n) is 3.12. The van der Waals surface area contributed by atoms with Crippen molar-refractivity contribution in [2.75, 3.05) is 32.8 Å². The van der Waals surface area contributed by atoms with Crippen molar-refractivity contribution >= 4 is 35.0 Å². The van der Waals surface area contributed by atoms with Crippen molar-refractivity contribution in [3.05, 3.63) is 63.9 Å². The maximum atomic E-state index is 13.5. The monoisotopic (exact) mass is 438 g/mol. The molecular weight excluding hydrogens is 418 g/mol. The van der Waals surface area contributed by atoms with Crippen LogP contribution in [-0.2, 0) is 4.79 Å². The molecule has 5 nitrogen and oxygen atoms in total. The van der Waals surface area contributed by atoms with Gasteiger partial charge in [-0.3, -0.25) is 9.59 Å². The fraction of sp³-hybridized carbons (Fsp3) is 0.333. The van der Waals surface area contributed by atoms with Crippen molar-refractivity contribution in [2.24, 2.45) is 0 Å². The van der Waals surface area contributed by atoms with Gasteiger partial charge in [0.1, 0.15) is 0 Å². The van der Waals surface area contributed by atoms with Crippen LogP contribution in [0.5, 0.6) is 5.75 Å². The first-order valence-corrected chi connectivity index (χ1v) is 10.1. The summed E-state index contributed by atoms with van der Waals surface area (Å²) in [7, 11) is 0. The number of nitrogens with zero attached hydrogens (tertiary/aromatic N) is 2. The lowest BCUT2D eigenvalue weighted by Gasteiger charge is -2.35. The zero-order chi connectivity index (χ0) is 20.8. The quantitative estimate of drug-likeness (QED) is 0.632. The Kier molecular flexibility index (Phi) is 7.34. The minimum atomic E-state index is -0.416. The normalized spacial score (nSPS) is 14.0. The number of para-hydroxylation sites is 1. The van der Waals surface area contributed by atoms with Crippen LogP contribution in [0.1, 0.15) is 23.2 Å². The Morgan fingerprint density at radius 1 is 1.00 bits per heavy atom. The summed E-state index contributed by atoms with van der Waals surface area (Å²) >= 11 is 12.0. The van der Waals surface area contributed by atoms with Gasteiger partial charge in [-0.25, -0.2) is 4.39 Å². The van der Waals surface area contributed by atoms with E-state index in [1.54, 1.807) is 46.2 Å². The molecule has 0 atom stereocenters. The smallest absolute Gasteiger partial charge is 0.255 e. The van der Waals surface area contributed by atoms with Crippen molar-refractivity contribution in [1.29, 1.82) is 0 Å². The van der Waals surface area contributed by atoms with Gasteiger partial charge in [0.2, 0.25) is 5.91 Å². The number of halogens is 3. The van der Waals surface area contributed by atoms with Gasteiger partial charge in [0.25, 0.3) is 5.91 Å². The number of rotatable bonds is 6. The van der Waals surface area contributed by atoms with Crippen LogP contribution < -0.4 is 4.74 Å². The van der Waals surface area contributed by atoms with Crippen LogP contribution in [0, 0.1) is 5.82 Å². The van der Waals surface area contributed by atoms with Crippen LogP contribution in [0.2, 0.25) is 10.0 Å². The number of amides is 2. The number of benzene rings is 2. The van der Waals surface area contributed by atoms with Crippen molar-refractivity contribution in [1.82, 2.24) is 9.80 Å². The molecule has 1 saturated heterocycles. The molecule has 29 heavy (non-hydrogen) atoms. The first kappa shape index (κ1) is 21.4. The molecule has 0 saturated carbocycles. The Hall–Kier alpha value is -2.31. The fourth-order valence-corrected chi connectivity index (χ4v) is 3.61. The summed E-state index contributed by atoms with van der Waals surface area (Å²) in [5.41, 5.74) is 0.404. The minimum absolute atomic E-state index is 0.00115. The summed E-state index contributed by atoms with van der Waals surface area (Å²) in [5.74, 6) is -0.399. The first-order chi connectivity index (χ1) is 14.0. The van der Waals surface area contributed by atoms with E-state index in [9.17, 15) is 14.0 Å². The van der Waals surface area contributed by atoms with E-state index in [4.69, 9.17) is 27.9 Å². The summed E-state index contributed by atoms with van der Waals surface area (Å²) in [6.45, 7) is 2.07. The molecule has 0 bridgehead atoms. The third-order valence-electron chi connectivity index (χ3n) is 4.71. The summed E-state index contributed by atoms with van der Waals surface area (Å²) in [6.07, 6.45) is 0.804. The van der Waals surface area contributed by atoms with Crippen molar-refractivity contribution in [3.63, 3.8) is 0 Å². The molecule has 0 aromatic heterocycles. The summed E-state index contributed by atoms with van der Waals surface area (Å²) < 4.78 is 18.9. The summed E-state index contributed by atoms with van der Waals surface area (Å²) in [4.78, 5) is 28.4. The second kappa shape index (κ2) is 9.94. The molecule has 3 rings (SSSR count). The molecule has 2 amide bonds. The Balaban J connectivity index is 1.42. The Labute approximate surface area is 178 Å². The van der Waals surface area contributed by atoms with E-state index >= 15 is 0 Å². The molecule has 2 aromatic carbocycles. The molecule has 8 heteroatoms. The molecule has 1 aliphatic rings. The van der Waals surface area contributed by atoms with Gasteiger partial charge in [-0.05, 0) is 36.8 Å². The third kappa shape index (κ3) is 5.61. The van der Waals surface area contributed by atoms with Crippen LogP contribution in [0.4, 0.5) is 4.39 Å². The van der Waals surface area contributed by atoms with Gasteiger partial charge in [0.05, 0.1) is 17.2 Å². The second-order valence-corrected chi connectivity index (χ2v) is 7.52. The maximum Gasteiger partial charge on any atom is 0.255 e. The van der Waals surface area contributed by atoms with Gasteiger partial charge in [-0.1, -0.05) is 35.3 Å². The van der Waals surface area contributed by atoms with E-state index in [0.717, 1.165) is 0 Å². The number of ether oxygens (including phenoxy) is 1. The van der Waals surface area contributed by atoms with Crippen LogP contribution in [-0.4, -0.2) is 54.4 Å². The molecule has 0 unspecified atom stereocenters. The van der Waals surface area contributed by atoms with Crippen molar-refractivity contribution in [3.8, 4) is 5.75 Å². The largest absolute Gasteiger partial charge is 0.491 e. The molecule has 1 aliphatic heterocycles. The molecule has 1 heterocycles.